The van der Waals surface area contributed by atoms with Crippen LogP contribution >= 0.6 is 0 Å². The zero-order valence-corrected chi connectivity index (χ0v) is 26.4. The largest absolute Gasteiger partial charge is 0.481 e. The molecule has 4 aliphatic heterocycles. The summed E-state index contributed by atoms with van der Waals surface area (Å²) in [7, 11) is 0. The van der Waals surface area contributed by atoms with Crippen molar-refractivity contribution < 1.29 is 63.9 Å². The summed E-state index contributed by atoms with van der Waals surface area (Å²) in [6.45, 7) is 3.34. The number of carbonyl (C=O) groups excluding carboxylic acids is 1. The molecule has 14 heteroatoms. The van der Waals surface area contributed by atoms with Gasteiger partial charge in [0.2, 0.25) is 0 Å². The fourth-order valence-corrected chi connectivity index (χ4v) is 6.00. The Hall–Kier alpha value is -2.76. The van der Waals surface area contributed by atoms with Gasteiger partial charge in [-0.2, -0.15) is 0 Å². The van der Waals surface area contributed by atoms with Gasteiger partial charge in [0.1, 0.15) is 24.2 Å². The molecule has 0 aromatic rings. The Kier molecular flexibility index (Phi) is 13.1. The lowest BCUT2D eigenvalue weighted by Gasteiger charge is -2.45. The van der Waals surface area contributed by atoms with Crippen molar-refractivity contribution >= 4 is 11.9 Å². The lowest BCUT2D eigenvalue weighted by atomic mass is 9.83. The van der Waals surface area contributed by atoms with Crippen molar-refractivity contribution in [2.24, 2.45) is 11.7 Å². The summed E-state index contributed by atoms with van der Waals surface area (Å²) in [6.07, 6.45) is 5.25. The summed E-state index contributed by atoms with van der Waals surface area (Å²) < 4.78 is 28.5. The average molecular weight is 666 g/mol. The molecule has 0 aromatic heterocycles. The zero-order chi connectivity index (χ0) is 34.3. The molecule has 0 aromatic carbocycles. The monoisotopic (exact) mass is 665 g/mol. The highest BCUT2D eigenvalue weighted by molar-refractivity contribution is 5.82. The summed E-state index contributed by atoms with van der Waals surface area (Å²) in [6, 6.07) is -1.08. The van der Waals surface area contributed by atoms with Gasteiger partial charge >= 0.3 is 11.9 Å². The van der Waals surface area contributed by atoms with Crippen LogP contribution in [0.1, 0.15) is 46.0 Å². The van der Waals surface area contributed by atoms with Gasteiger partial charge in [0.15, 0.2) is 12.1 Å². The summed E-state index contributed by atoms with van der Waals surface area (Å²) >= 11 is 0. The van der Waals surface area contributed by atoms with Crippen LogP contribution in [0.2, 0.25) is 0 Å². The van der Waals surface area contributed by atoms with Gasteiger partial charge < -0.3 is 60.1 Å². The van der Waals surface area contributed by atoms with Crippen LogP contribution in [0.3, 0.4) is 0 Å². The molecule has 0 aliphatic carbocycles. The topological polar surface area (TPSA) is 231 Å². The van der Waals surface area contributed by atoms with E-state index in [2.05, 4.69) is 0 Å². The molecule has 14 nitrogen and oxygen atoms in total. The predicted octanol–water partition coefficient (Wildman–Crippen LogP) is 0.120. The minimum Gasteiger partial charge on any atom is -0.481 e. The number of allylic oxidation sites excluding steroid dienone is 6. The van der Waals surface area contributed by atoms with Crippen molar-refractivity contribution in [3.05, 3.63) is 60.8 Å². The van der Waals surface area contributed by atoms with E-state index in [0.717, 1.165) is 0 Å². The quantitative estimate of drug-likeness (QED) is 0.157. The standard InChI is InChI=1S/C33H47NO13/c1-18-10-8-6-4-3-5-7-9-11-21(45-32-30(39)28(34)29(38)19(2)44-32)15-25-27(31(40)41)22(36)17-33(42,47-25)16-20(35)14-24-23(46-24)12-13-26(37)43-18/h3-9,11-13,18-25,27-30,32,35-36,38-39,42H,10,14-17,34H2,1-2H3,(H,40,41)/b4-3+,7-5+,8-6+,11-9+,13-12+/t18?,19-,20?,21?,22?,23?,24?,25?,27?,28+,29-,30+,32+,33?/m1/s1. The number of aliphatic hydroxyl groups is 5. The fraction of sp³-hybridized carbons (Fsp3) is 0.636. The normalized spacial score (nSPS) is 47.2. The summed E-state index contributed by atoms with van der Waals surface area (Å²) in [5.74, 6) is -5.45. The van der Waals surface area contributed by atoms with Crippen molar-refractivity contribution in [2.75, 3.05) is 0 Å². The molecule has 262 valence electrons. The van der Waals surface area contributed by atoms with E-state index < -0.39 is 97.3 Å². The van der Waals surface area contributed by atoms with Gasteiger partial charge in [-0.25, -0.2) is 4.79 Å². The number of nitrogens with two attached hydrogens (primary N) is 1. The van der Waals surface area contributed by atoms with Crippen molar-refractivity contribution in [1.82, 2.24) is 0 Å². The summed E-state index contributed by atoms with van der Waals surface area (Å²) in [5.41, 5.74) is 5.98. The van der Waals surface area contributed by atoms with Crippen molar-refractivity contribution in [3.63, 3.8) is 0 Å². The van der Waals surface area contributed by atoms with E-state index in [1.165, 1.54) is 12.2 Å². The van der Waals surface area contributed by atoms with Crippen LogP contribution in [0.25, 0.3) is 0 Å². The highest BCUT2D eigenvalue weighted by atomic mass is 16.7. The molecular formula is C33H47NO13. The second-order valence-corrected chi connectivity index (χ2v) is 12.6. The van der Waals surface area contributed by atoms with E-state index in [1.807, 2.05) is 6.08 Å². The first-order chi connectivity index (χ1) is 22.3. The predicted molar refractivity (Wildman–Crippen MR) is 165 cm³/mol. The SMILES string of the molecule is CC1C/C=C/C=C/C=C/C=C/C(O[C@@H]2O[C@H](C)[C@@H](O)[C@H](N)[C@@H]2O)CC2OC(O)(CC(O)CC3OC3/C=C/C(=O)O1)CC(O)C2C(=O)O. The first-order valence-electron chi connectivity index (χ1n) is 15.9. The number of carboxylic acids is 1. The minimum absolute atomic E-state index is 0.0789. The number of hydrogen-bond donors (Lipinski definition) is 7. The van der Waals surface area contributed by atoms with Gasteiger partial charge in [0, 0.05) is 38.2 Å². The Morgan fingerprint density at radius 1 is 0.936 bits per heavy atom. The van der Waals surface area contributed by atoms with Crippen LogP contribution in [0.15, 0.2) is 60.8 Å². The maximum Gasteiger partial charge on any atom is 0.330 e. The molecule has 3 fully saturated rings. The Balaban J connectivity index is 1.58. The third-order valence-corrected chi connectivity index (χ3v) is 8.58. The number of epoxide rings is 1. The Morgan fingerprint density at radius 3 is 2.36 bits per heavy atom. The molecule has 4 heterocycles. The highest BCUT2D eigenvalue weighted by Gasteiger charge is 2.51. The van der Waals surface area contributed by atoms with Gasteiger partial charge in [0.05, 0.1) is 48.8 Å². The smallest absolute Gasteiger partial charge is 0.330 e. The van der Waals surface area contributed by atoms with Gasteiger partial charge in [-0.1, -0.05) is 48.6 Å². The Morgan fingerprint density at radius 2 is 1.64 bits per heavy atom. The molecule has 0 saturated carbocycles. The van der Waals surface area contributed by atoms with Gasteiger partial charge in [-0.3, -0.25) is 4.79 Å². The number of carboxylic acid groups (broad SMARTS) is 1. The average Bonchev–Trinajstić information content (AvgIpc) is 3.72. The molecule has 47 heavy (non-hydrogen) atoms. The van der Waals surface area contributed by atoms with Crippen LogP contribution in [0.4, 0.5) is 0 Å². The van der Waals surface area contributed by atoms with Crippen molar-refractivity contribution in [2.45, 2.75) is 125 Å². The number of ether oxygens (including phenoxy) is 5. The second-order valence-electron chi connectivity index (χ2n) is 12.6. The van der Waals surface area contributed by atoms with E-state index in [4.69, 9.17) is 29.4 Å². The Bertz CT molecular complexity index is 1220. The lowest BCUT2D eigenvalue weighted by Crippen LogP contribution is -2.61. The molecule has 14 atom stereocenters. The number of carbonyl (C=O) groups is 2. The molecule has 0 radical (unpaired) electrons. The number of cyclic esters (lactones) is 1. The van der Waals surface area contributed by atoms with Gasteiger partial charge in [0.25, 0.3) is 0 Å². The highest BCUT2D eigenvalue weighted by Crippen LogP contribution is 2.39. The zero-order valence-electron chi connectivity index (χ0n) is 26.4. The Labute approximate surface area is 273 Å². The third kappa shape index (κ3) is 10.6. The molecule has 0 spiro atoms. The maximum atomic E-state index is 12.3. The van der Waals surface area contributed by atoms with Crippen LogP contribution in [-0.4, -0.2) is 122 Å². The minimum atomic E-state index is -2.10. The fourth-order valence-electron chi connectivity index (χ4n) is 6.00. The molecule has 3 saturated heterocycles. The molecule has 4 rings (SSSR count). The van der Waals surface area contributed by atoms with Crippen molar-refractivity contribution in [3.8, 4) is 0 Å². The number of fused-ring (bicyclic) bond motifs is 3. The van der Waals surface area contributed by atoms with Crippen LogP contribution < -0.4 is 5.73 Å². The van der Waals surface area contributed by atoms with Crippen LogP contribution in [-0.2, 0) is 33.3 Å². The van der Waals surface area contributed by atoms with E-state index in [0.29, 0.717) is 6.42 Å². The number of hydrogen-bond acceptors (Lipinski definition) is 13. The van der Waals surface area contributed by atoms with Gasteiger partial charge in [-0.05, 0) is 19.9 Å². The number of esters is 1. The first kappa shape index (κ1) is 37.1. The maximum absolute atomic E-state index is 12.3. The lowest BCUT2D eigenvalue weighted by molar-refractivity contribution is -0.308. The summed E-state index contributed by atoms with van der Waals surface area (Å²) in [5, 5.41) is 63.9. The molecule has 0 amide bonds. The number of rotatable bonds is 3. The molecule has 2 bridgehead atoms. The molecule has 8 N–H and O–H groups in total. The van der Waals surface area contributed by atoms with Crippen LogP contribution in [0, 0.1) is 5.92 Å². The number of aliphatic carboxylic acids is 1. The third-order valence-electron chi connectivity index (χ3n) is 8.58. The number of aliphatic hydroxyl groups excluding tert-OH is 4. The van der Waals surface area contributed by atoms with Crippen LogP contribution in [0.5, 0.6) is 0 Å². The van der Waals surface area contributed by atoms with Gasteiger partial charge in [-0.15, -0.1) is 0 Å². The van der Waals surface area contributed by atoms with Crippen molar-refractivity contribution in [1.29, 1.82) is 0 Å². The van der Waals surface area contributed by atoms with E-state index >= 15 is 0 Å². The molecule has 9 unspecified atom stereocenters. The van der Waals surface area contributed by atoms with E-state index in [1.54, 1.807) is 56.4 Å². The van der Waals surface area contributed by atoms with E-state index in [9.17, 15) is 40.2 Å². The first-order valence-corrected chi connectivity index (χ1v) is 15.9. The second kappa shape index (κ2) is 16.6. The summed E-state index contributed by atoms with van der Waals surface area (Å²) in [4.78, 5) is 24.4. The molecular weight excluding hydrogens is 618 g/mol. The van der Waals surface area contributed by atoms with E-state index in [-0.39, 0.29) is 25.4 Å². The molecule has 4 aliphatic rings.